The summed E-state index contributed by atoms with van der Waals surface area (Å²) in [5.41, 5.74) is 1.52. The van der Waals surface area contributed by atoms with Crippen molar-refractivity contribution in [2.75, 3.05) is 48.5 Å². The van der Waals surface area contributed by atoms with E-state index in [1.54, 1.807) is 31.3 Å². The molecule has 1 amide bonds. The number of ether oxygens (including phenoxy) is 3. The standard InChI is InChI=1S/C25H34N2O6S/c1-26(2)34(29,30)24-16-20(8-9-23(24)33-5)25(28)27-12-10-18(11-13-27)6-7-19-14-21(31-3)17-22(15-19)32-4/h8-9,14-18H,6-7,10-13H2,1-5H3. The quantitative estimate of drug-likeness (QED) is 0.535. The van der Waals surface area contributed by atoms with Gasteiger partial charge in [0.2, 0.25) is 10.0 Å². The first kappa shape index (κ1) is 25.8. The van der Waals surface area contributed by atoms with E-state index in [9.17, 15) is 13.2 Å². The van der Waals surface area contributed by atoms with Crippen LogP contribution in [-0.2, 0) is 16.4 Å². The van der Waals surface area contributed by atoms with Crippen LogP contribution in [0.1, 0.15) is 35.2 Å². The Labute approximate surface area is 202 Å². The number of benzene rings is 2. The molecule has 0 N–H and O–H groups in total. The van der Waals surface area contributed by atoms with Crippen molar-refractivity contribution in [3.8, 4) is 17.2 Å². The van der Waals surface area contributed by atoms with E-state index in [4.69, 9.17) is 14.2 Å². The normalized spacial score (nSPS) is 14.8. The molecule has 0 radical (unpaired) electrons. The first-order chi connectivity index (χ1) is 16.2. The number of amides is 1. The third kappa shape index (κ3) is 5.82. The van der Waals surface area contributed by atoms with Gasteiger partial charge in [-0.2, -0.15) is 0 Å². The molecule has 0 aliphatic carbocycles. The van der Waals surface area contributed by atoms with Gasteiger partial charge in [-0.3, -0.25) is 4.79 Å². The number of piperidine rings is 1. The average molecular weight is 491 g/mol. The molecule has 0 bridgehead atoms. The van der Waals surface area contributed by atoms with Crippen LogP contribution in [0.4, 0.5) is 0 Å². The molecule has 0 saturated carbocycles. The summed E-state index contributed by atoms with van der Waals surface area (Å²) >= 11 is 0. The van der Waals surface area contributed by atoms with Crippen molar-refractivity contribution in [1.29, 1.82) is 0 Å². The van der Waals surface area contributed by atoms with Crippen LogP contribution in [0.25, 0.3) is 0 Å². The number of hydrogen-bond acceptors (Lipinski definition) is 6. The Morgan fingerprint density at radius 1 is 0.971 bits per heavy atom. The van der Waals surface area contributed by atoms with E-state index >= 15 is 0 Å². The van der Waals surface area contributed by atoms with Crippen LogP contribution in [0, 0.1) is 5.92 Å². The Morgan fingerprint density at radius 2 is 1.59 bits per heavy atom. The Morgan fingerprint density at radius 3 is 2.12 bits per heavy atom. The third-order valence-electron chi connectivity index (χ3n) is 6.32. The van der Waals surface area contributed by atoms with Crippen LogP contribution in [0.2, 0.25) is 0 Å². The molecule has 1 saturated heterocycles. The lowest BCUT2D eigenvalue weighted by molar-refractivity contribution is 0.0686. The maximum Gasteiger partial charge on any atom is 0.253 e. The zero-order chi connectivity index (χ0) is 24.9. The van der Waals surface area contributed by atoms with Crippen molar-refractivity contribution >= 4 is 15.9 Å². The largest absolute Gasteiger partial charge is 0.497 e. The summed E-state index contributed by atoms with van der Waals surface area (Å²) in [6.45, 7) is 1.29. The van der Waals surface area contributed by atoms with Gasteiger partial charge >= 0.3 is 0 Å². The second-order valence-electron chi connectivity index (χ2n) is 8.65. The zero-order valence-corrected chi connectivity index (χ0v) is 21.4. The minimum atomic E-state index is -3.74. The molecule has 0 unspecified atom stereocenters. The molecule has 0 atom stereocenters. The van der Waals surface area contributed by atoms with Gasteiger partial charge in [0.15, 0.2) is 0 Å². The maximum absolute atomic E-state index is 13.1. The Kier molecular flexibility index (Phi) is 8.43. The highest BCUT2D eigenvalue weighted by molar-refractivity contribution is 7.89. The summed E-state index contributed by atoms with van der Waals surface area (Å²) in [4.78, 5) is 14.9. The van der Waals surface area contributed by atoms with Crippen molar-refractivity contribution in [2.45, 2.75) is 30.6 Å². The van der Waals surface area contributed by atoms with E-state index < -0.39 is 10.0 Å². The van der Waals surface area contributed by atoms with Gasteiger partial charge in [0.25, 0.3) is 5.91 Å². The van der Waals surface area contributed by atoms with E-state index in [1.807, 2.05) is 18.2 Å². The van der Waals surface area contributed by atoms with Gasteiger partial charge < -0.3 is 19.1 Å². The lowest BCUT2D eigenvalue weighted by Crippen LogP contribution is -2.38. The highest BCUT2D eigenvalue weighted by atomic mass is 32.2. The lowest BCUT2D eigenvalue weighted by Gasteiger charge is -2.32. The fraction of sp³-hybridized carbons (Fsp3) is 0.480. The number of carbonyl (C=O) groups is 1. The van der Waals surface area contributed by atoms with Crippen molar-refractivity contribution < 1.29 is 27.4 Å². The molecule has 9 heteroatoms. The number of carbonyl (C=O) groups excluding carboxylic acids is 1. The van der Waals surface area contributed by atoms with Gasteiger partial charge in [0.1, 0.15) is 22.1 Å². The summed E-state index contributed by atoms with van der Waals surface area (Å²) < 4.78 is 42.4. The molecule has 2 aromatic carbocycles. The van der Waals surface area contributed by atoms with Gasteiger partial charge in [-0.25, -0.2) is 12.7 Å². The van der Waals surface area contributed by atoms with Crippen molar-refractivity contribution in [1.82, 2.24) is 9.21 Å². The fourth-order valence-corrected chi connectivity index (χ4v) is 5.27. The van der Waals surface area contributed by atoms with Crippen molar-refractivity contribution in [2.24, 2.45) is 5.92 Å². The molecule has 1 heterocycles. The van der Waals surface area contributed by atoms with Gasteiger partial charge in [-0.05, 0) is 67.5 Å². The number of nitrogens with zero attached hydrogens (tertiary/aromatic N) is 2. The molecule has 34 heavy (non-hydrogen) atoms. The van der Waals surface area contributed by atoms with Crippen LogP contribution in [0.15, 0.2) is 41.3 Å². The maximum atomic E-state index is 13.1. The van der Waals surface area contributed by atoms with E-state index in [0.717, 1.165) is 41.5 Å². The van der Waals surface area contributed by atoms with Crippen molar-refractivity contribution in [3.63, 3.8) is 0 Å². The van der Waals surface area contributed by atoms with Crippen molar-refractivity contribution in [3.05, 3.63) is 47.5 Å². The second-order valence-corrected chi connectivity index (χ2v) is 10.8. The first-order valence-electron chi connectivity index (χ1n) is 11.3. The summed E-state index contributed by atoms with van der Waals surface area (Å²) in [5.74, 6) is 2.14. The van der Waals surface area contributed by atoms with E-state index in [1.165, 1.54) is 32.8 Å². The van der Waals surface area contributed by atoms with Gasteiger partial charge in [0, 0.05) is 38.8 Å². The van der Waals surface area contributed by atoms with E-state index in [-0.39, 0.29) is 16.6 Å². The number of likely N-dealkylation sites (tertiary alicyclic amines) is 1. The van der Waals surface area contributed by atoms with Crippen LogP contribution >= 0.6 is 0 Å². The van der Waals surface area contributed by atoms with Gasteiger partial charge in [-0.15, -0.1) is 0 Å². The topological polar surface area (TPSA) is 85.4 Å². The highest BCUT2D eigenvalue weighted by Gasteiger charge is 2.27. The predicted molar refractivity (Wildman–Crippen MR) is 130 cm³/mol. The zero-order valence-electron chi connectivity index (χ0n) is 20.5. The summed E-state index contributed by atoms with van der Waals surface area (Å²) in [5, 5.41) is 0. The first-order valence-corrected chi connectivity index (χ1v) is 12.8. The van der Waals surface area contributed by atoms with Crippen LogP contribution in [0.3, 0.4) is 0 Å². The second kappa shape index (κ2) is 11.1. The lowest BCUT2D eigenvalue weighted by atomic mass is 9.90. The predicted octanol–water partition coefficient (Wildman–Crippen LogP) is 3.45. The van der Waals surface area contributed by atoms with E-state index in [0.29, 0.717) is 24.6 Å². The van der Waals surface area contributed by atoms with Gasteiger partial charge in [-0.1, -0.05) is 0 Å². The minimum absolute atomic E-state index is 0.00514. The molecular formula is C25H34N2O6S. The molecular weight excluding hydrogens is 456 g/mol. The minimum Gasteiger partial charge on any atom is -0.497 e. The average Bonchev–Trinajstić information content (AvgIpc) is 2.86. The molecule has 186 valence electrons. The van der Waals surface area contributed by atoms with Crippen LogP contribution in [0.5, 0.6) is 17.2 Å². The molecule has 2 aromatic rings. The van der Waals surface area contributed by atoms with Crippen LogP contribution < -0.4 is 14.2 Å². The molecule has 8 nitrogen and oxygen atoms in total. The highest BCUT2D eigenvalue weighted by Crippen LogP contribution is 2.30. The molecule has 1 aliphatic heterocycles. The fourth-order valence-electron chi connectivity index (χ4n) is 4.20. The van der Waals surface area contributed by atoms with E-state index in [2.05, 4.69) is 0 Å². The number of rotatable bonds is 9. The summed E-state index contributed by atoms with van der Waals surface area (Å²) in [6.07, 6.45) is 3.75. The smallest absolute Gasteiger partial charge is 0.253 e. The summed E-state index contributed by atoms with van der Waals surface area (Å²) in [7, 11) is 3.87. The molecule has 1 fully saturated rings. The van der Waals surface area contributed by atoms with Gasteiger partial charge in [0.05, 0.1) is 21.3 Å². The molecule has 0 aromatic heterocycles. The molecule has 1 aliphatic rings. The number of methoxy groups -OCH3 is 3. The Balaban J connectivity index is 1.63. The number of sulfonamides is 1. The monoisotopic (exact) mass is 490 g/mol. The molecule has 3 rings (SSSR count). The Hall–Kier alpha value is -2.78. The molecule has 0 spiro atoms. The SMILES string of the molecule is COc1cc(CCC2CCN(C(=O)c3ccc(OC)c(S(=O)(=O)N(C)C)c3)CC2)cc(OC)c1. The summed E-state index contributed by atoms with van der Waals surface area (Å²) in [6, 6.07) is 10.5. The Bertz CT molecular complexity index is 1090. The third-order valence-corrected chi connectivity index (χ3v) is 8.16. The number of aryl methyl sites for hydroxylation is 1. The number of hydrogen-bond donors (Lipinski definition) is 0. The van der Waals surface area contributed by atoms with Crippen LogP contribution in [-0.4, -0.2) is 72.0 Å².